The van der Waals surface area contributed by atoms with Gasteiger partial charge >= 0.3 is 11.7 Å². The van der Waals surface area contributed by atoms with Crippen molar-refractivity contribution in [1.29, 1.82) is 0 Å². The second-order valence-electron chi connectivity index (χ2n) is 4.60. The molecule has 25 heavy (non-hydrogen) atoms. The minimum atomic E-state index is -4.47. The number of nitrogens with zero attached hydrogens (tertiary/aromatic N) is 3. The number of nitrogens with one attached hydrogen (secondary N) is 1. The van der Waals surface area contributed by atoms with E-state index in [9.17, 15) is 22.8 Å². The lowest BCUT2D eigenvalue weighted by Crippen LogP contribution is -2.14. The Morgan fingerprint density at radius 2 is 2.12 bits per heavy atom. The van der Waals surface area contributed by atoms with E-state index >= 15 is 0 Å². The van der Waals surface area contributed by atoms with Crippen LogP contribution >= 0.6 is 11.8 Å². The Kier molecular flexibility index (Phi) is 4.12. The summed E-state index contributed by atoms with van der Waals surface area (Å²) in [6, 6.07) is 3.56. The van der Waals surface area contributed by atoms with Gasteiger partial charge in [0, 0.05) is 4.90 Å². The Labute approximate surface area is 140 Å². The molecule has 0 unspecified atom stereocenters. The number of hydrogen-bond acceptors (Lipinski definition) is 6. The van der Waals surface area contributed by atoms with Crippen LogP contribution in [0.5, 0.6) is 5.75 Å². The molecule has 2 heterocycles. The number of carboxylic acid groups (broad SMARTS) is 1. The van der Waals surface area contributed by atoms with Crippen molar-refractivity contribution in [3.8, 4) is 11.7 Å². The van der Waals surface area contributed by atoms with Gasteiger partial charge in [0.25, 0.3) is 5.56 Å². The number of fused-ring (bicyclic) bond motifs is 1. The molecule has 0 aliphatic rings. The van der Waals surface area contributed by atoms with Crippen molar-refractivity contribution in [1.82, 2.24) is 19.7 Å². The van der Waals surface area contributed by atoms with Crippen LogP contribution in [0.3, 0.4) is 0 Å². The van der Waals surface area contributed by atoms with Gasteiger partial charge in [0.1, 0.15) is 0 Å². The predicted octanol–water partition coefficient (Wildman–Crippen LogP) is 2.78. The van der Waals surface area contributed by atoms with Crippen LogP contribution in [0.15, 0.2) is 40.3 Å². The van der Waals surface area contributed by atoms with E-state index in [4.69, 9.17) is 5.11 Å². The highest BCUT2D eigenvalue weighted by molar-refractivity contribution is 8.00. The van der Waals surface area contributed by atoms with E-state index in [1.165, 1.54) is 18.3 Å². The number of aromatic amines is 1. The predicted molar refractivity (Wildman–Crippen MR) is 80.1 cm³/mol. The first kappa shape index (κ1) is 16.8. The van der Waals surface area contributed by atoms with Crippen LogP contribution < -0.4 is 10.3 Å². The van der Waals surface area contributed by atoms with E-state index in [2.05, 4.69) is 19.8 Å². The first-order valence-corrected chi connectivity index (χ1v) is 7.28. The lowest BCUT2D eigenvalue weighted by atomic mass is 10.2. The van der Waals surface area contributed by atoms with Crippen molar-refractivity contribution in [3.05, 3.63) is 40.9 Å². The van der Waals surface area contributed by atoms with Crippen molar-refractivity contribution in [2.24, 2.45) is 0 Å². The molecule has 0 spiro atoms. The molecule has 8 nitrogen and oxygen atoms in total. The zero-order chi connectivity index (χ0) is 18.2. The highest BCUT2D eigenvalue weighted by Gasteiger charge is 2.29. The maximum absolute atomic E-state index is 12.4. The Morgan fingerprint density at radius 3 is 2.80 bits per heavy atom. The van der Waals surface area contributed by atoms with Crippen LogP contribution in [0.2, 0.25) is 0 Å². The standard InChI is InChI=1S/C13H7F3N4O4S/c14-13(15,16)25-7-1-2-9-8(3-7)10(21)19-11(18-9)20-5-6(4-17-20)24-12(22)23/h1-5H,(H,22,23)(H,18,19,21). The van der Waals surface area contributed by atoms with Crippen molar-refractivity contribution in [3.63, 3.8) is 0 Å². The van der Waals surface area contributed by atoms with Crippen molar-refractivity contribution >= 4 is 28.8 Å². The molecule has 1 aromatic carbocycles. The summed E-state index contributed by atoms with van der Waals surface area (Å²) in [5.74, 6) is -0.138. The fourth-order valence-electron chi connectivity index (χ4n) is 1.99. The maximum atomic E-state index is 12.4. The van der Waals surface area contributed by atoms with Crippen LogP contribution in [0.4, 0.5) is 18.0 Å². The lowest BCUT2D eigenvalue weighted by Gasteiger charge is -2.07. The van der Waals surface area contributed by atoms with Crippen molar-refractivity contribution < 1.29 is 27.8 Å². The van der Waals surface area contributed by atoms with Gasteiger partial charge in [-0.25, -0.2) is 14.5 Å². The van der Waals surface area contributed by atoms with Crippen molar-refractivity contribution in [2.75, 3.05) is 0 Å². The van der Waals surface area contributed by atoms with Gasteiger partial charge in [0.05, 0.1) is 23.3 Å². The molecule has 0 saturated carbocycles. The normalized spacial score (nSPS) is 11.6. The second kappa shape index (κ2) is 6.12. The molecule has 130 valence electrons. The molecule has 0 amide bonds. The number of carbonyl (C=O) groups is 1. The molecule has 3 aromatic rings. The minimum absolute atomic E-state index is 0.0211. The van der Waals surface area contributed by atoms with E-state index < -0.39 is 17.2 Å². The van der Waals surface area contributed by atoms with Gasteiger partial charge in [0.15, 0.2) is 5.75 Å². The third-order valence-corrected chi connectivity index (χ3v) is 3.60. The number of rotatable bonds is 3. The maximum Gasteiger partial charge on any atom is 0.511 e. The SMILES string of the molecule is O=C(O)Oc1cnn(-c2nc3ccc(SC(F)(F)F)cc3c(=O)[nH]2)c1. The van der Waals surface area contributed by atoms with Crippen LogP contribution in [0.1, 0.15) is 0 Å². The summed E-state index contributed by atoms with van der Waals surface area (Å²) in [7, 11) is 0. The molecule has 3 rings (SSSR count). The molecule has 0 fully saturated rings. The number of hydrogen-bond donors (Lipinski definition) is 2. The van der Waals surface area contributed by atoms with Gasteiger partial charge in [-0.1, -0.05) is 0 Å². The number of ether oxygens (including phenoxy) is 1. The highest BCUT2D eigenvalue weighted by atomic mass is 32.2. The molecular formula is C13H7F3N4O4S. The van der Waals surface area contributed by atoms with Crippen molar-refractivity contribution in [2.45, 2.75) is 10.4 Å². The molecule has 0 radical (unpaired) electrons. The summed E-state index contributed by atoms with van der Waals surface area (Å²) in [6.07, 6.45) is 0.738. The quantitative estimate of drug-likeness (QED) is 0.537. The van der Waals surface area contributed by atoms with Gasteiger partial charge in [0.2, 0.25) is 5.95 Å². The zero-order valence-corrected chi connectivity index (χ0v) is 12.8. The first-order chi connectivity index (χ1) is 11.7. The highest BCUT2D eigenvalue weighted by Crippen LogP contribution is 2.37. The lowest BCUT2D eigenvalue weighted by molar-refractivity contribution is -0.0328. The molecule has 2 aromatic heterocycles. The Hall–Kier alpha value is -3.02. The fraction of sp³-hybridized carbons (Fsp3) is 0.0769. The number of aromatic nitrogens is 4. The molecule has 0 atom stereocenters. The monoisotopic (exact) mass is 372 g/mol. The average molecular weight is 372 g/mol. The second-order valence-corrected chi connectivity index (χ2v) is 5.74. The van der Waals surface area contributed by atoms with Gasteiger partial charge in [-0.15, -0.1) is 0 Å². The summed E-state index contributed by atoms with van der Waals surface area (Å²) < 4.78 is 42.7. The van der Waals surface area contributed by atoms with Gasteiger partial charge in [-0.3, -0.25) is 9.78 Å². The van der Waals surface area contributed by atoms with Gasteiger partial charge < -0.3 is 9.84 Å². The number of thioether (sulfide) groups is 1. The third kappa shape index (κ3) is 3.91. The summed E-state index contributed by atoms with van der Waals surface area (Å²) in [4.78, 5) is 28.9. The molecule has 0 aliphatic heterocycles. The summed E-state index contributed by atoms with van der Waals surface area (Å²) in [5.41, 5.74) is -4.98. The molecule has 0 aliphatic carbocycles. The van der Waals surface area contributed by atoms with Crippen LogP contribution in [0.25, 0.3) is 16.9 Å². The summed E-state index contributed by atoms with van der Waals surface area (Å²) in [6.45, 7) is 0. The number of halogens is 3. The molecule has 0 saturated heterocycles. The Bertz CT molecular complexity index is 1010. The van der Waals surface area contributed by atoms with E-state index in [1.54, 1.807) is 0 Å². The molecule has 2 N–H and O–H groups in total. The fourth-order valence-corrected chi connectivity index (χ4v) is 2.57. The summed E-state index contributed by atoms with van der Waals surface area (Å²) in [5, 5.41) is 12.3. The minimum Gasteiger partial charge on any atom is -0.449 e. The largest absolute Gasteiger partial charge is 0.511 e. The van der Waals surface area contributed by atoms with Crippen LogP contribution in [0, 0.1) is 0 Å². The number of benzene rings is 1. The topological polar surface area (TPSA) is 110 Å². The summed E-state index contributed by atoms with van der Waals surface area (Å²) >= 11 is -0.336. The molecular weight excluding hydrogens is 365 g/mol. The van der Waals surface area contributed by atoms with E-state index in [0.717, 1.165) is 16.9 Å². The van der Waals surface area contributed by atoms with Gasteiger partial charge in [-0.2, -0.15) is 18.3 Å². The van der Waals surface area contributed by atoms with E-state index in [0.29, 0.717) is 0 Å². The molecule has 0 bridgehead atoms. The average Bonchev–Trinajstić information content (AvgIpc) is 2.94. The third-order valence-electron chi connectivity index (χ3n) is 2.88. The van der Waals surface area contributed by atoms with Crippen LogP contribution in [-0.4, -0.2) is 36.5 Å². The first-order valence-electron chi connectivity index (χ1n) is 6.47. The van der Waals surface area contributed by atoms with Gasteiger partial charge in [-0.05, 0) is 30.0 Å². The van der Waals surface area contributed by atoms with E-state index in [-0.39, 0.29) is 39.3 Å². The Morgan fingerprint density at radius 1 is 1.36 bits per heavy atom. The zero-order valence-electron chi connectivity index (χ0n) is 11.9. The molecule has 12 heteroatoms. The Balaban J connectivity index is 1.99. The van der Waals surface area contributed by atoms with E-state index in [1.807, 2.05) is 0 Å². The number of alkyl halides is 3. The smallest absolute Gasteiger partial charge is 0.449 e. The number of H-pyrrole nitrogens is 1. The van der Waals surface area contributed by atoms with Crippen LogP contribution in [-0.2, 0) is 0 Å².